The van der Waals surface area contributed by atoms with Crippen LogP contribution < -0.4 is 5.32 Å². The lowest BCUT2D eigenvalue weighted by Crippen LogP contribution is -2.54. The molecule has 28 heavy (non-hydrogen) atoms. The molecule has 0 bridgehead atoms. The Morgan fingerprint density at radius 3 is 2.54 bits per heavy atom. The van der Waals surface area contributed by atoms with Crippen molar-refractivity contribution < 1.29 is 19.2 Å². The van der Waals surface area contributed by atoms with Gasteiger partial charge in [0.05, 0.1) is 11.1 Å². The number of amides is 4. The van der Waals surface area contributed by atoms with Crippen LogP contribution in [0.2, 0.25) is 0 Å². The lowest BCUT2D eigenvalue weighted by Gasteiger charge is -2.27. The van der Waals surface area contributed by atoms with Crippen LogP contribution in [-0.4, -0.2) is 34.6 Å². The summed E-state index contributed by atoms with van der Waals surface area (Å²) in [6.45, 7) is 2.08. The van der Waals surface area contributed by atoms with Gasteiger partial charge in [0.25, 0.3) is 11.8 Å². The van der Waals surface area contributed by atoms with Crippen LogP contribution in [0.3, 0.4) is 0 Å². The van der Waals surface area contributed by atoms with Gasteiger partial charge in [0.1, 0.15) is 6.04 Å². The minimum absolute atomic E-state index is 0.131. The van der Waals surface area contributed by atoms with Gasteiger partial charge in [-0.05, 0) is 37.3 Å². The summed E-state index contributed by atoms with van der Waals surface area (Å²) in [4.78, 5) is 50.4. The summed E-state index contributed by atoms with van der Waals surface area (Å²) >= 11 is 0. The fraction of sp³-hybridized carbons (Fsp3) is 0.500. The number of aryl methyl sites for hydroxylation is 1. The average molecular weight is 383 g/mol. The van der Waals surface area contributed by atoms with Crippen molar-refractivity contribution in [3.63, 3.8) is 0 Å². The number of hydrogen-bond acceptors (Lipinski definition) is 4. The van der Waals surface area contributed by atoms with E-state index >= 15 is 0 Å². The van der Waals surface area contributed by atoms with Crippen LogP contribution in [-0.2, 0) is 16.0 Å². The maximum Gasteiger partial charge on any atom is 0.262 e. The molecule has 149 valence electrons. The van der Waals surface area contributed by atoms with E-state index in [2.05, 4.69) is 18.7 Å². The number of piperidine rings is 1. The molecule has 0 aliphatic carbocycles. The van der Waals surface area contributed by atoms with E-state index in [9.17, 15) is 19.2 Å². The summed E-state index contributed by atoms with van der Waals surface area (Å²) in [6.07, 6.45) is 10.0. The minimum Gasteiger partial charge on any atom is -0.295 e. The largest absolute Gasteiger partial charge is 0.295 e. The van der Waals surface area contributed by atoms with Gasteiger partial charge >= 0.3 is 0 Å². The molecule has 2 heterocycles. The number of carbonyl (C=O) groups is 4. The van der Waals surface area contributed by atoms with Gasteiger partial charge in [-0.1, -0.05) is 51.2 Å². The number of fused-ring (bicyclic) bond motifs is 1. The van der Waals surface area contributed by atoms with E-state index < -0.39 is 23.8 Å². The molecule has 1 atom stereocenters. The highest BCUT2D eigenvalue weighted by Gasteiger charge is 2.45. The Morgan fingerprint density at radius 1 is 1.04 bits per heavy atom. The first-order valence-electron chi connectivity index (χ1n) is 10.2. The highest BCUT2D eigenvalue weighted by atomic mass is 16.2. The third-order valence-electron chi connectivity index (χ3n) is 5.49. The summed E-state index contributed by atoms with van der Waals surface area (Å²) < 4.78 is 0. The van der Waals surface area contributed by atoms with Crippen molar-refractivity contribution >= 4 is 23.6 Å². The molecule has 1 aromatic carbocycles. The molecular formula is C22H27N2O4. The Hall–Kier alpha value is -2.50. The molecule has 2 aliphatic heterocycles. The first-order chi connectivity index (χ1) is 13.5. The molecule has 6 heteroatoms. The fourth-order valence-corrected chi connectivity index (χ4v) is 3.99. The topological polar surface area (TPSA) is 83.6 Å². The van der Waals surface area contributed by atoms with Crippen molar-refractivity contribution in [3.05, 3.63) is 41.3 Å². The molecule has 1 radical (unpaired) electrons. The molecule has 1 N–H and O–H groups in total. The third-order valence-corrected chi connectivity index (χ3v) is 5.49. The van der Waals surface area contributed by atoms with Crippen LogP contribution in [0.5, 0.6) is 0 Å². The summed E-state index contributed by atoms with van der Waals surface area (Å²) in [5.41, 5.74) is 1.66. The number of benzene rings is 1. The summed E-state index contributed by atoms with van der Waals surface area (Å²) in [6, 6.07) is 4.42. The number of nitrogens with zero attached hydrogens (tertiary/aromatic N) is 1. The first kappa shape index (κ1) is 20.2. The zero-order valence-electron chi connectivity index (χ0n) is 16.3. The van der Waals surface area contributed by atoms with Gasteiger partial charge < -0.3 is 0 Å². The SMILES string of the molecule is C[CH]CCCCCCCc1cccc2c1C(=O)N(C1CCC(=O)NC1=O)C2=O. The quantitative estimate of drug-likeness (QED) is 0.524. The molecule has 4 amide bonds. The number of hydrogen-bond donors (Lipinski definition) is 1. The molecule has 0 aromatic heterocycles. The van der Waals surface area contributed by atoms with Crippen molar-refractivity contribution in [1.29, 1.82) is 0 Å². The van der Waals surface area contributed by atoms with E-state index in [1.165, 1.54) is 12.8 Å². The summed E-state index contributed by atoms with van der Waals surface area (Å²) in [7, 11) is 0. The lowest BCUT2D eigenvalue weighted by molar-refractivity contribution is -0.136. The van der Waals surface area contributed by atoms with Gasteiger partial charge in [-0.25, -0.2) is 0 Å². The second-order valence-electron chi connectivity index (χ2n) is 7.50. The highest BCUT2D eigenvalue weighted by molar-refractivity contribution is 6.24. The van der Waals surface area contributed by atoms with E-state index in [4.69, 9.17) is 0 Å². The van der Waals surface area contributed by atoms with Crippen LogP contribution in [0.1, 0.15) is 84.6 Å². The second kappa shape index (κ2) is 9.13. The maximum absolute atomic E-state index is 13.0. The van der Waals surface area contributed by atoms with Crippen LogP contribution in [0, 0.1) is 6.42 Å². The van der Waals surface area contributed by atoms with Gasteiger partial charge in [0.2, 0.25) is 11.8 Å². The van der Waals surface area contributed by atoms with Gasteiger partial charge in [-0.2, -0.15) is 0 Å². The van der Waals surface area contributed by atoms with Gasteiger partial charge in [-0.3, -0.25) is 29.4 Å². The van der Waals surface area contributed by atoms with Crippen LogP contribution in [0.4, 0.5) is 0 Å². The molecule has 3 rings (SSSR count). The van der Waals surface area contributed by atoms with E-state index in [0.29, 0.717) is 11.1 Å². The Kier molecular flexibility index (Phi) is 6.60. The first-order valence-corrected chi connectivity index (χ1v) is 10.2. The van der Waals surface area contributed by atoms with Crippen LogP contribution in [0.25, 0.3) is 0 Å². The predicted molar refractivity (Wildman–Crippen MR) is 104 cm³/mol. The maximum atomic E-state index is 13.0. The molecule has 1 aromatic rings. The molecular weight excluding hydrogens is 356 g/mol. The lowest BCUT2D eigenvalue weighted by atomic mass is 9.97. The summed E-state index contributed by atoms with van der Waals surface area (Å²) in [5.74, 6) is -1.79. The van der Waals surface area contributed by atoms with Gasteiger partial charge in [0.15, 0.2) is 0 Å². The van der Waals surface area contributed by atoms with Crippen molar-refractivity contribution in [3.8, 4) is 0 Å². The monoisotopic (exact) mass is 383 g/mol. The van der Waals surface area contributed by atoms with Crippen molar-refractivity contribution in [2.75, 3.05) is 0 Å². The molecule has 1 unspecified atom stereocenters. The molecule has 6 nitrogen and oxygen atoms in total. The number of nitrogens with one attached hydrogen (secondary N) is 1. The Morgan fingerprint density at radius 2 is 1.79 bits per heavy atom. The van der Waals surface area contributed by atoms with E-state index in [-0.39, 0.29) is 18.7 Å². The normalized spacial score (nSPS) is 19.2. The van der Waals surface area contributed by atoms with Crippen molar-refractivity contribution in [2.24, 2.45) is 0 Å². The molecule has 0 spiro atoms. The molecule has 1 saturated heterocycles. The predicted octanol–water partition coefficient (Wildman–Crippen LogP) is 3.20. The second-order valence-corrected chi connectivity index (χ2v) is 7.50. The third kappa shape index (κ3) is 4.16. The smallest absolute Gasteiger partial charge is 0.262 e. The van der Waals surface area contributed by atoms with E-state index in [0.717, 1.165) is 42.6 Å². The van der Waals surface area contributed by atoms with Crippen molar-refractivity contribution in [2.45, 2.75) is 70.8 Å². The van der Waals surface area contributed by atoms with Crippen LogP contribution in [0.15, 0.2) is 18.2 Å². The molecule has 1 fully saturated rings. The van der Waals surface area contributed by atoms with Gasteiger partial charge in [-0.15, -0.1) is 0 Å². The Bertz CT molecular complexity index is 787. The zero-order valence-corrected chi connectivity index (χ0v) is 16.3. The Labute approximate surface area is 165 Å². The number of carbonyl (C=O) groups excluding carboxylic acids is 4. The standard InChI is InChI=1S/C22H27N2O4/c1-2-3-4-5-6-7-8-10-15-11-9-12-16-19(15)22(28)24(21(16)27)17-13-14-18(25)23-20(17)26/h2,9,11-12,17H,3-8,10,13-14H2,1H3,(H,23,25,26). The molecule has 0 saturated carbocycles. The van der Waals surface area contributed by atoms with Crippen molar-refractivity contribution in [1.82, 2.24) is 10.2 Å². The highest BCUT2D eigenvalue weighted by Crippen LogP contribution is 2.30. The average Bonchev–Trinajstić information content (AvgIpc) is 2.93. The number of unbranched alkanes of at least 4 members (excludes halogenated alkanes) is 6. The van der Waals surface area contributed by atoms with Crippen LogP contribution >= 0.6 is 0 Å². The minimum atomic E-state index is -0.909. The Balaban J connectivity index is 1.66. The molecule has 2 aliphatic rings. The van der Waals surface area contributed by atoms with Gasteiger partial charge in [0, 0.05) is 6.42 Å². The zero-order chi connectivity index (χ0) is 20.1. The van der Waals surface area contributed by atoms with E-state index in [1.54, 1.807) is 12.1 Å². The van der Waals surface area contributed by atoms with E-state index in [1.807, 2.05) is 6.07 Å². The fourth-order valence-electron chi connectivity index (χ4n) is 3.99. The number of imide groups is 2. The summed E-state index contributed by atoms with van der Waals surface area (Å²) in [5, 5.41) is 2.23. The number of rotatable bonds is 9.